The molecule has 1 N–H and O–H groups in total. The van der Waals surface area contributed by atoms with Gasteiger partial charge in [-0.1, -0.05) is 34.1 Å². The summed E-state index contributed by atoms with van der Waals surface area (Å²) in [5, 5.41) is 3.54. The van der Waals surface area contributed by atoms with Gasteiger partial charge in [-0.2, -0.15) is 8.78 Å². The number of ether oxygens (including phenoxy) is 3. The van der Waals surface area contributed by atoms with E-state index >= 15 is 0 Å². The fraction of sp³-hybridized carbons (Fsp3) is 0.455. The molecule has 0 amide bonds. The monoisotopic (exact) mass is 469 g/mol. The number of hydrogen-bond acceptors (Lipinski definition) is 4. The number of nitrogens with one attached hydrogen (secondary N) is 1. The molecule has 1 fully saturated rings. The molecule has 0 aliphatic carbocycles. The van der Waals surface area contributed by atoms with E-state index in [9.17, 15) is 8.78 Å². The smallest absolute Gasteiger partial charge is 0.387 e. The van der Waals surface area contributed by atoms with Crippen molar-refractivity contribution in [2.24, 2.45) is 0 Å². The maximum atomic E-state index is 12.6. The second-order valence-corrected chi connectivity index (χ2v) is 8.01. The highest BCUT2D eigenvalue weighted by Gasteiger charge is 2.34. The summed E-state index contributed by atoms with van der Waals surface area (Å²) in [5.74, 6) is 0.389. The maximum Gasteiger partial charge on any atom is 0.387 e. The van der Waals surface area contributed by atoms with Gasteiger partial charge < -0.3 is 19.5 Å². The summed E-state index contributed by atoms with van der Waals surface area (Å²) in [5.41, 5.74) is 2.24. The highest BCUT2D eigenvalue weighted by atomic mass is 79.9. The van der Waals surface area contributed by atoms with Gasteiger partial charge in [0.25, 0.3) is 0 Å². The first-order chi connectivity index (χ1) is 14.0. The predicted octanol–water partition coefficient (Wildman–Crippen LogP) is 5.29. The Labute approximate surface area is 178 Å². The van der Waals surface area contributed by atoms with Gasteiger partial charge in [-0.3, -0.25) is 0 Å². The van der Waals surface area contributed by atoms with E-state index in [-0.39, 0.29) is 11.2 Å². The van der Waals surface area contributed by atoms with E-state index in [1.807, 2.05) is 13.0 Å². The second kappa shape index (κ2) is 10.4. The van der Waals surface area contributed by atoms with Crippen LogP contribution in [-0.4, -0.2) is 33.0 Å². The maximum absolute atomic E-state index is 12.6. The van der Waals surface area contributed by atoms with E-state index < -0.39 is 6.61 Å². The van der Waals surface area contributed by atoms with E-state index in [1.165, 1.54) is 11.6 Å². The summed E-state index contributed by atoms with van der Waals surface area (Å²) in [4.78, 5) is 0. The van der Waals surface area contributed by atoms with Crippen molar-refractivity contribution in [3.05, 3.63) is 58.1 Å². The van der Waals surface area contributed by atoms with Crippen molar-refractivity contribution in [2.45, 2.75) is 38.3 Å². The molecule has 0 spiro atoms. The molecule has 0 atom stereocenters. The van der Waals surface area contributed by atoms with Crippen LogP contribution in [0.15, 0.2) is 46.9 Å². The van der Waals surface area contributed by atoms with Crippen LogP contribution in [0.4, 0.5) is 8.78 Å². The van der Waals surface area contributed by atoms with Crippen LogP contribution in [0.25, 0.3) is 0 Å². The molecule has 1 aliphatic heterocycles. The molecule has 2 aromatic rings. The third kappa shape index (κ3) is 5.90. The number of halogens is 3. The largest absolute Gasteiger partial charge is 0.490 e. The quantitative estimate of drug-likeness (QED) is 0.541. The Balaban J connectivity index is 1.70. The molecule has 0 saturated carbocycles. The van der Waals surface area contributed by atoms with Crippen molar-refractivity contribution in [2.75, 3.05) is 26.4 Å². The predicted molar refractivity (Wildman–Crippen MR) is 112 cm³/mol. The normalized spacial score (nSPS) is 16.0. The van der Waals surface area contributed by atoms with Gasteiger partial charge in [-0.25, -0.2) is 0 Å². The highest BCUT2D eigenvalue weighted by Crippen LogP contribution is 2.36. The molecule has 0 aromatic heterocycles. The van der Waals surface area contributed by atoms with Gasteiger partial charge in [-0.05, 0) is 55.2 Å². The van der Waals surface area contributed by atoms with E-state index in [1.54, 1.807) is 12.1 Å². The zero-order valence-corrected chi connectivity index (χ0v) is 18.0. The first-order valence-corrected chi connectivity index (χ1v) is 10.6. The fourth-order valence-corrected chi connectivity index (χ4v) is 4.12. The molecule has 0 radical (unpaired) electrons. The van der Waals surface area contributed by atoms with Crippen LogP contribution >= 0.6 is 15.9 Å². The minimum Gasteiger partial charge on any atom is -0.490 e. The summed E-state index contributed by atoms with van der Waals surface area (Å²) >= 11 is 3.57. The summed E-state index contributed by atoms with van der Waals surface area (Å²) in [6.07, 6.45) is 1.89. The third-order valence-corrected chi connectivity index (χ3v) is 5.70. The first kappa shape index (κ1) is 22.0. The van der Waals surface area contributed by atoms with E-state index in [0.29, 0.717) is 18.9 Å². The Morgan fingerprint density at radius 1 is 1.14 bits per heavy atom. The minimum atomic E-state index is -2.88. The summed E-state index contributed by atoms with van der Waals surface area (Å²) in [7, 11) is 0. The topological polar surface area (TPSA) is 39.7 Å². The molecule has 0 bridgehead atoms. The van der Waals surface area contributed by atoms with Gasteiger partial charge >= 0.3 is 6.61 Å². The van der Waals surface area contributed by atoms with Crippen LogP contribution < -0.4 is 14.8 Å². The molecule has 29 heavy (non-hydrogen) atoms. The standard InChI is InChI=1S/C22H26BrF2NO3/c1-2-28-20-12-16(6-7-19(20)29-21(24)25)14-26-15-22(8-10-27-11-9-22)17-4-3-5-18(23)13-17/h3-7,12-13,21,26H,2,8-11,14-15H2,1H3. The van der Waals surface area contributed by atoms with Crippen LogP contribution in [-0.2, 0) is 16.7 Å². The van der Waals surface area contributed by atoms with Crippen molar-refractivity contribution < 1.29 is 23.0 Å². The number of alkyl halides is 2. The van der Waals surface area contributed by atoms with Gasteiger partial charge in [-0.15, -0.1) is 0 Å². The first-order valence-electron chi connectivity index (χ1n) is 9.77. The number of hydrogen-bond donors (Lipinski definition) is 1. The average Bonchev–Trinajstić information content (AvgIpc) is 2.70. The van der Waals surface area contributed by atoms with E-state index in [4.69, 9.17) is 9.47 Å². The summed E-state index contributed by atoms with van der Waals surface area (Å²) < 4.78 is 41.8. The number of benzene rings is 2. The molecule has 1 heterocycles. The Morgan fingerprint density at radius 2 is 1.93 bits per heavy atom. The SMILES string of the molecule is CCOc1cc(CNCC2(c3cccc(Br)c3)CCOCC2)ccc1OC(F)F. The van der Waals surface area contributed by atoms with Crippen molar-refractivity contribution >= 4 is 15.9 Å². The Bertz CT molecular complexity index is 797. The Morgan fingerprint density at radius 3 is 2.62 bits per heavy atom. The molecule has 4 nitrogen and oxygen atoms in total. The Kier molecular flexibility index (Phi) is 7.86. The van der Waals surface area contributed by atoms with Gasteiger partial charge in [0.15, 0.2) is 11.5 Å². The number of rotatable bonds is 9. The minimum absolute atomic E-state index is 0.00348. The van der Waals surface area contributed by atoms with Crippen molar-refractivity contribution in [1.29, 1.82) is 0 Å². The van der Waals surface area contributed by atoms with Crippen LogP contribution in [0.3, 0.4) is 0 Å². The Hall–Kier alpha value is -1.70. The zero-order chi connectivity index (χ0) is 20.7. The van der Waals surface area contributed by atoms with E-state index in [0.717, 1.165) is 42.6 Å². The lowest BCUT2D eigenvalue weighted by atomic mass is 9.74. The van der Waals surface area contributed by atoms with Gasteiger partial charge in [0.2, 0.25) is 0 Å². The average molecular weight is 470 g/mol. The molecule has 0 unspecified atom stereocenters. The lowest BCUT2D eigenvalue weighted by Crippen LogP contribution is -2.42. The van der Waals surface area contributed by atoms with Crippen molar-refractivity contribution in [1.82, 2.24) is 5.32 Å². The molecule has 3 rings (SSSR count). The molecular formula is C22H26BrF2NO3. The lowest BCUT2D eigenvalue weighted by molar-refractivity contribution is -0.0514. The zero-order valence-electron chi connectivity index (χ0n) is 16.4. The molecular weight excluding hydrogens is 444 g/mol. The van der Waals surface area contributed by atoms with Crippen LogP contribution in [0, 0.1) is 0 Å². The van der Waals surface area contributed by atoms with Crippen molar-refractivity contribution in [3.8, 4) is 11.5 Å². The van der Waals surface area contributed by atoms with E-state index in [2.05, 4.69) is 44.2 Å². The molecule has 7 heteroatoms. The van der Waals surface area contributed by atoms with Gasteiger partial charge in [0.1, 0.15) is 0 Å². The third-order valence-electron chi connectivity index (χ3n) is 5.20. The van der Waals surface area contributed by atoms with Crippen LogP contribution in [0.2, 0.25) is 0 Å². The molecule has 158 valence electrons. The second-order valence-electron chi connectivity index (χ2n) is 7.10. The van der Waals surface area contributed by atoms with Crippen LogP contribution in [0.5, 0.6) is 11.5 Å². The lowest BCUT2D eigenvalue weighted by Gasteiger charge is -2.38. The molecule has 1 aliphatic rings. The molecule has 1 saturated heterocycles. The van der Waals surface area contributed by atoms with Gasteiger partial charge in [0, 0.05) is 36.2 Å². The molecule has 2 aromatic carbocycles. The fourth-order valence-electron chi connectivity index (χ4n) is 3.72. The van der Waals surface area contributed by atoms with Gasteiger partial charge in [0.05, 0.1) is 6.61 Å². The summed E-state index contributed by atoms with van der Waals surface area (Å²) in [6.45, 7) is 2.19. The van der Waals surface area contributed by atoms with Crippen molar-refractivity contribution in [3.63, 3.8) is 0 Å². The van der Waals surface area contributed by atoms with Crippen LogP contribution in [0.1, 0.15) is 30.9 Å². The highest BCUT2D eigenvalue weighted by molar-refractivity contribution is 9.10. The summed E-state index contributed by atoms with van der Waals surface area (Å²) in [6, 6.07) is 13.5.